The Morgan fingerprint density at radius 3 is 1.25 bits per heavy atom. The molecular weight excluding hydrogens is 184 g/mol. The van der Waals surface area contributed by atoms with Crippen LogP contribution >= 0.6 is 0 Å². The van der Waals surface area contributed by atoms with Gasteiger partial charge in [-0.2, -0.15) is 0 Å². The molecule has 0 spiro atoms. The zero-order valence-corrected chi connectivity index (χ0v) is 5.05. The Morgan fingerprint density at radius 2 is 1.25 bits per heavy atom. The number of hydrogen-bond acceptors (Lipinski definition) is 1. The van der Waals surface area contributed by atoms with Gasteiger partial charge < -0.3 is 0 Å². The van der Waals surface area contributed by atoms with E-state index in [1.54, 1.807) is 0 Å². The molecule has 0 heterocycles. The van der Waals surface area contributed by atoms with Crippen molar-refractivity contribution in [2.75, 3.05) is 0 Å². The summed E-state index contributed by atoms with van der Waals surface area (Å²) in [6, 6.07) is 0. The first-order chi connectivity index (χ1) is 1.00. The maximum atomic E-state index is 8.34. The summed E-state index contributed by atoms with van der Waals surface area (Å²) < 4.78 is 8.34. The van der Waals surface area contributed by atoms with Crippen LogP contribution in [0, 0.1) is 0 Å². The van der Waals surface area contributed by atoms with E-state index in [1.807, 2.05) is 0 Å². The Labute approximate surface area is 67.1 Å². The fraction of sp³-hybridized carbons (Fsp3) is 0. The fourth-order valence-corrected chi connectivity index (χ4v) is 0. The van der Waals surface area contributed by atoms with E-state index in [-0.39, 0.29) is 40.4 Å². The van der Waals surface area contributed by atoms with E-state index in [1.165, 1.54) is 0 Å². The van der Waals surface area contributed by atoms with Gasteiger partial charge in [-0.25, -0.2) is 0 Å². The van der Waals surface area contributed by atoms with Crippen LogP contribution in [0.2, 0.25) is 0 Å². The third-order valence-corrected chi connectivity index (χ3v) is 0. The fourth-order valence-electron chi connectivity index (χ4n) is 0. The Hall–Kier alpha value is 1.98. The molecule has 20 valence electrons. The van der Waals surface area contributed by atoms with Crippen LogP contribution in [0.3, 0.4) is 0 Å². The molecule has 0 aliphatic rings. The monoisotopic (exact) mass is 184 g/mol. The molecule has 0 aliphatic heterocycles. The Bertz CT molecular complexity index is 8.00. The van der Waals surface area contributed by atoms with Crippen LogP contribution in [-0.4, -0.2) is 23.1 Å². The van der Waals surface area contributed by atoms with E-state index in [9.17, 15) is 0 Å². The van der Waals surface area contributed by atoms with E-state index in [0.29, 0.717) is 24.7 Å². The summed E-state index contributed by atoms with van der Waals surface area (Å²) in [7, 11) is 0. The molecule has 0 aliphatic carbocycles. The second-order valence-electron chi connectivity index (χ2n) is 0. The first-order valence-electron chi connectivity index (χ1n) is 0.204. The van der Waals surface area contributed by atoms with Crippen molar-refractivity contribution in [2.45, 2.75) is 0 Å². The third-order valence-electron chi connectivity index (χ3n) is 0. The van der Waals surface area contributed by atoms with Gasteiger partial charge in [0, 0.05) is 17.4 Å². The molecule has 1 nitrogen and oxygen atoms in total. The standard InChI is InChI=1S/Cr.Mg.O.Zr.2H. The molecule has 0 aromatic carbocycles. The van der Waals surface area contributed by atoms with Crippen molar-refractivity contribution in [1.29, 1.82) is 0 Å². The second kappa shape index (κ2) is 20.1. The summed E-state index contributed by atoms with van der Waals surface area (Å²) in [5.74, 6) is 0. The molecule has 0 saturated heterocycles. The van der Waals surface area contributed by atoms with E-state index < -0.39 is 0 Å². The van der Waals surface area contributed by atoms with Crippen molar-refractivity contribution in [3.63, 3.8) is 0 Å². The number of hydrogen-bond donors (Lipinski definition) is 0. The Balaban J connectivity index is -0.00000000500. The van der Waals surface area contributed by atoms with Gasteiger partial charge in [0.2, 0.25) is 0 Å². The minimum atomic E-state index is 0. The summed E-state index contributed by atoms with van der Waals surface area (Å²) >= 11 is 0.300. The van der Waals surface area contributed by atoms with Crippen molar-refractivity contribution in [3.8, 4) is 0 Å². The minimum absolute atomic E-state index is 0. The maximum absolute atomic E-state index is 8.34. The molecule has 0 bridgehead atoms. The number of rotatable bonds is 0. The predicted octanol–water partition coefficient (Wildman–Crippen LogP) is -1.04. The second-order valence-corrected chi connectivity index (χ2v) is 0. The van der Waals surface area contributed by atoms with Crippen LogP contribution in [0.1, 0.15) is 0 Å². The first-order valence-corrected chi connectivity index (χ1v) is 1.21. The van der Waals surface area contributed by atoms with Crippen LogP contribution in [0.15, 0.2) is 0 Å². The molecule has 0 aromatic heterocycles. The van der Waals surface area contributed by atoms with E-state index in [0.717, 1.165) is 0 Å². The Morgan fingerprint density at radius 1 is 1.25 bits per heavy atom. The van der Waals surface area contributed by atoms with Crippen molar-refractivity contribution >= 4 is 23.1 Å². The van der Waals surface area contributed by atoms with Gasteiger partial charge in [-0.3, -0.25) is 0 Å². The van der Waals surface area contributed by atoms with Gasteiger partial charge in [0.25, 0.3) is 0 Å². The van der Waals surface area contributed by atoms with Gasteiger partial charge in [0.15, 0.2) is 0 Å². The average molecular weight is 186 g/mol. The molecule has 0 amide bonds. The van der Waals surface area contributed by atoms with Crippen molar-refractivity contribution in [3.05, 3.63) is 0 Å². The van der Waals surface area contributed by atoms with E-state index >= 15 is 0 Å². The predicted molar refractivity (Wildman–Crippen MR) is 9.23 cm³/mol. The SMILES string of the molecule is [Cr].[MgH2].[O]=[Zr]. The van der Waals surface area contributed by atoms with Gasteiger partial charge in [-0.15, -0.1) is 0 Å². The topological polar surface area (TPSA) is 17.1 Å². The summed E-state index contributed by atoms with van der Waals surface area (Å²) in [5, 5.41) is 0. The van der Waals surface area contributed by atoms with Crippen molar-refractivity contribution in [1.82, 2.24) is 0 Å². The molecule has 0 atom stereocenters. The van der Waals surface area contributed by atoms with Gasteiger partial charge in [0.1, 0.15) is 0 Å². The average Bonchev–Trinajstić information content (AvgIpc) is 1.00. The van der Waals surface area contributed by atoms with Gasteiger partial charge in [-0.1, -0.05) is 0 Å². The Kier molecular flexibility index (Phi) is 83.9. The summed E-state index contributed by atoms with van der Waals surface area (Å²) in [6.07, 6.45) is 0. The van der Waals surface area contributed by atoms with Gasteiger partial charge in [0.05, 0.1) is 0 Å². The van der Waals surface area contributed by atoms with Crippen LogP contribution in [-0.2, 0) is 44.9 Å². The van der Waals surface area contributed by atoms with Crippen molar-refractivity contribution < 1.29 is 44.9 Å². The van der Waals surface area contributed by atoms with Gasteiger partial charge in [-0.05, 0) is 0 Å². The molecule has 0 unspecified atom stereocenters. The van der Waals surface area contributed by atoms with E-state index in [2.05, 4.69) is 0 Å². The molecule has 0 aromatic rings. The molecule has 0 radical (unpaired) electrons. The molecule has 4 heteroatoms. The van der Waals surface area contributed by atoms with Crippen LogP contribution < -0.4 is 0 Å². The summed E-state index contributed by atoms with van der Waals surface area (Å²) in [4.78, 5) is 0. The van der Waals surface area contributed by atoms with Crippen LogP contribution in [0.25, 0.3) is 0 Å². The van der Waals surface area contributed by atoms with E-state index in [4.69, 9.17) is 2.81 Å². The normalized spacial score (nSPS) is 0.750. The molecule has 4 heavy (non-hydrogen) atoms. The van der Waals surface area contributed by atoms with Crippen molar-refractivity contribution in [2.24, 2.45) is 0 Å². The molecular formula is H2CrMgOZr. The van der Waals surface area contributed by atoms with Crippen LogP contribution in [0.4, 0.5) is 0 Å². The summed E-state index contributed by atoms with van der Waals surface area (Å²) in [5.41, 5.74) is 0. The molecule has 0 fully saturated rings. The molecule has 0 saturated carbocycles. The molecule has 0 N–H and O–H groups in total. The van der Waals surface area contributed by atoms with Crippen LogP contribution in [0.5, 0.6) is 0 Å². The zero-order valence-electron chi connectivity index (χ0n) is 1.32. The summed E-state index contributed by atoms with van der Waals surface area (Å²) in [6.45, 7) is 0. The third kappa shape index (κ3) is 9.01. The first kappa shape index (κ1) is 16.7. The molecule has 0 rings (SSSR count). The zero-order chi connectivity index (χ0) is 2.00. The van der Waals surface area contributed by atoms with Gasteiger partial charge >= 0.3 is 50.6 Å². The quantitative estimate of drug-likeness (QED) is 0.441.